The van der Waals surface area contributed by atoms with Crippen molar-refractivity contribution in [3.63, 3.8) is 0 Å². The van der Waals surface area contributed by atoms with E-state index in [9.17, 15) is 5.11 Å². The quantitative estimate of drug-likeness (QED) is 0.630. The van der Waals surface area contributed by atoms with E-state index in [-0.39, 0.29) is 5.75 Å². The molecule has 1 aromatic carbocycles. The molecule has 3 heteroatoms. The zero-order valence-corrected chi connectivity index (χ0v) is 7.58. The lowest BCUT2D eigenvalue weighted by Crippen LogP contribution is -2.28. The highest BCUT2D eigenvalue weighted by atomic mass is 16.5. The Morgan fingerprint density at radius 1 is 1.54 bits per heavy atom. The molecule has 0 amide bonds. The zero-order valence-electron chi connectivity index (χ0n) is 7.58. The number of aromatic hydroxyl groups is 1. The second-order valence-corrected chi connectivity index (χ2v) is 3.38. The Morgan fingerprint density at radius 3 is 3.23 bits per heavy atom. The van der Waals surface area contributed by atoms with Crippen molar-refractivity contribution in [1.29, 1.82) is 0 Å². The fourth-order valence-electron chi connectivity index (χ4n) is 1.38. The number of hydrogen-bond acceptors (Lipinski definition) is 3. The maximum absolute atomic E-state index is 9.25. The molecule has 0 aromatic heterocycles. The summed E-state index contributed by atoms with van der Waals surface area (Å²) >= 11 is 0. The van der Waals surface area contributed by atoms with Gasteiger partial charge >= 0.3 is 0 Å². The molecule has 1 unspecified atom stereocenters. The van der Waals surface area contributed by atoms with Crippen LogP contribution in [-0.4, -0.2) is 17.8 Å². The Kier molecular flexibility index (Phi) is 2.10. The zero-order chi connectivity index (χ0) is 9.26. The van der Waals surface area contributed by atoms with E-state index in [1.807, 2.05) is 6.07 Å². The Hall–Kier alpha value is -1.22. The van der Waals surface area contributed by atoms with Crippen LogP contribution in [0.5, 0.6) is 11.5 Å². The smallest absolute Gasteiger partial charge is 0.127 e. The van der Waals surface area contributed by atoms with Gasteiger partial charge in [-0.05, 0) is 13.0 Å². The van der Waals surface area contributed by atoms with Crippen LogP contribution < -0.4 is 10.1 Å². The number of phenols is 1. The first-order valence-corrected chi connectivity index (χ1v) is 4.44. The van der Waals surface area contributed by atoms with Crippen molar-refractivity contribution in [2.75, 3.05) is 6.61 Å². The lowest BCUT2D eigenvalue weighted by molar-refractivity contribution is 0.286. The van der Waals surface area contributed by atoms with Gasteiger partial charge in [0.25, 0.3) is 0 Å². The van der Waals surface area contributed by atoms with E-state index >= 15 is 0 Å². The Bertz CT molecular complexity index is 312. The average molecular weight is 179 g/mol. The summed E-state index contributed by atoms with van der Waals surface area (Å²) in [5, 5.41) is 12.6. The van der Waals surface area contributed by atoms with Gasteiger partial charge in [0.1, 0.15) is 18.1 Å². The van der Waals surface area contributed by atoms with Crippen LogP contribution in [0.2, 0.25) is 0 Å². The number of nitrogens with one attached hydrogen (secondary N) is 1. The first kappa shape index (κ1) is 8.38. The minimum absolute atomic E-state index is 0.258. The van der Waals surface area contributed by atoms with Crippen LogP contribution in [0.4, 0.5) is 0 Å². The molecule has 0 spiro atoms. The van der Waals surface area contributed by atoms with Crippen molar-refractivity contribution in [3.8, 4) is 11.5 Å². The number of phenolic OH excluding ortho intramolecular Hbond substituents is 1. The Morgan fingerprint density at radius 2 is 2.38 bits per heavy atom. The van der Waals surface area contributed by atoms with E-state index in [2.05, 4.69) is 12.2 Å². The lowest BCUT2D eigenvalue weighted by atomic mass is 10.2. The van der Waals surface area contributed by atoms with Gasteiger partial charge in [0.05, 0.1) is 0 Å². The van der Waals surface area contributed by atoms with Gasteiger partial charge < -0.3 is 15.2 Å². The van der Waals surface area contributed by atoms with Crippen LogP contribution in [0.15, 0.2) is 18.2 Å². The summed E-state index contributed by atoms with van der Waals surface area (Å²) in [5.74, 6) is 1.05. The summed E-state index contributed by atoms with van der Waals surface area (Å²) in [4.78, 5) is 0. The summed E-state index contributed by atoms with van der Waals surface area (Å²) in [7, 11) is 0. The summed E-state index contributed by atoms with van der Waals surface area (Å²) in [6.07, 6.45) is 0. The molecule has 0 fully saturated rings. The van der Waals surface area contributed by atoms with Crippen LogP contribution in [0.25, 0.3) is 0 Å². The van der Waals surface area contributed by atoms with Crippen molar-refractivity contribution in [1.82, 2.24) is 5.32 Å². The van der Waals surface area contributed by atoms with E-state index in [4.69, 9.17) is 4.74 Å². The van der Waals surface area contributed by atoms with E-state index < -0.39 is 0 Å². The highest BCUT2D eigenvalue weighted by molar-refractivity contribution is 5.40. The van der Waals surface area contributed by atoms with Gasteiger partial charge in [0, 0.05) is 24.2 Å². The molecule has 0 saturated carbocycles. The van der Waals surface area contributed by atoms with Crippen molar-refractivity contribution < 1.29 is 9.84 Å². The van der Waals surface area contributed by atoms with Gasteiger partial charge in [-0.3, -0.25) is 0 Å². The lowest BCUT2D eigenvalue weighted by Gasteiger charge is -2.07. The molecule has 2 N–H and O–H groups in total. The van der Waals surface area contributed by atoms with Gasteiger partial charge in [-0.1, -0.05) is 6.07 Å². The van der Waals surface area contributed by atoms with Crippen molar-refractivity contribution in [2.45, 2.75) is 19.5 Å². The number of benzene rings is 1. The molecule has 2 rings (SSSR count). The minimum Gasteiger partial charge on any atom is -0.508 e. The largest absolute Gasteiger partial charge is 0.508 e. The molecule has 1 atom stereocenters. The standard InChI is InChI=1S/C10H13NO2/c1-7-6-13-10-4-9(12)3-2-8(10)5-11-7/h2-4,7,11-12H,5-6H2,1H3. The monoisotopic (exact) mass is 179 g/mol. The average Bonchev–Trinajstić information content (AvgIpc) is 2.29. The molecule has 0 bridgehead atoms. The Labute approximate surface area is 77.3 Å². The van der Waals surface area contributed by atoms with Crippen molar-refractivity contribution >= 4 is 0 Å². The number of fused-ring (bicyclic) bond motifs is 1. The van der Waals surface area contributed by atoms with Gasteiger partial charge in [-0.15, -0.1) is 0 Å². The molecule has 0 aliphatic carbocycles. The van der Waals surface area contributed by atoms with E-state index in [1.165, 1.54) is 0 Å². The molecule has 3 nitrogen and oxygen atoms in total. The van der Waals surface area contributed by atoms with Crippen LogP contribution in [0, 0.1) is 0 Å². The molecule has 70 valence electrons. The van der Waals surface area contributed by atoms with Crippen molar-refractivity contribution in [2.24, 2.45) is 0 Å². The predicted octanol–water partition coefficient (Wildman–Crippen LogP) is 1.26. The first-order chi connectivity index (χ1) is 6.25. The van der Waals surface area contributed by atoms with Gasteiger partial charge in [0.15, 0.2) is 0 Å². The Balaban J connectivity index is 2.30. The summed E-state index contributed by atoms with van der Waals surface area (Å²) < 4.78 is 5.52. The molecule has 0 saturated heterocycles. The number of rotatable bonds is 0. The van der Waals surface area contributed by atoms with Gasteiger partial charge in [-0.25, -0.2) is 0 Å². The maximum Gasteiger partial charge on any atom is 0.127 e. The van der Waals surface area contributed by atoms with Crippen LogP contribution in [0.3, 0.4) is 0 Å². The van der Waals surface area contributed by atoms with E-state index in [0.29, 0.717) is 12.6 Å². The molecular formula is C10H13NO2. The fourth-order valence-corrected chi connectivity index (χ4v) is 1.38. The third-order valence-electron chi connectivity index (χ3n) is 2.18. The summed E-state index contributed by atoms with van der Waals surface area (Å²) in [5.41, 5.74) is 1.10. The number of ether oxygens (including phenoxy) is 1. The highest BCUT2D eigenvalue weighted by Gasteiger charge is 2.12. The SMILES string of the molecule is CC1COc2cc(O)ccc2CN1. The van der Waals surface area contributed by atoms with E-state index in [0.717, 1.165) is 17.9 Å². The molecule has 1 aromatic rings. The third kappa shape index (κ3) is 1.75. The molecular weight excluding hydrogens is 166 g/mol. The molecule has 1 heterocycles. The summed E-state index contributed by atoms with van der Waals surface area (Å²) in [6.45, 7) is 3.53. The molecule has 0 radical (unpaired) electrons. The molecule has 13 heavy (non-hydrogen) atoms. The highest BCUT2D eigenvalue weighted by Crippen LogP contribution is 2.25. The minimum atomic E-state index is 0.258. The first-order valence-electron chi connectivity index (χ1n) is 4.44. The van der Waals surface area contributed by atoms with Crippen LogP contribution in [0.1, 0.15) is 12.5 Å². The normalized spacial score (nSPS) is 21.5. The second-order valence-electron chi connectivity index (χ2n) is 3.38. The number of hydrogen-bond donors (Lipinski definition) is 2. The van der Waals surface area contributed by atoms with Crippen LogP contribution in [-0.2, 0) is 6.54 Å². The molecule has 1 aliphatic heterocycles. The maximum atomic E-state index is 9.25. The van der Waals surface area contributed by atoms with Crippen molar-refractivity contribution in [3.05, 3.63) is 23.8 Å². The molecule has 1 aliphatic rings. The fraction of sp³-hybridized carbons (Fsp3) is 0.400. The third-order valence-corrected chi connectivity index (χ3v) is 2.18. The predicted molar refractivity (Wildman–Crippen MR) is 49.9 cm³/mol. The van der Waals surface area contributed by atoms with E-state index in [1.54, 1.807) is 12.1 Å². The van der Waals surface area contributed by atoms with Gasteiger partial charge in [0.2, 0.25) is 0 Å². The second kappa shape index (κ2) is 3.26. The van der Waals surface area contributed by atoms with Crippen LogP contribution >= 0.6 is 0 Å². The topological polar surface area (TPSA) is 41.5 Å². The summed E-state index contributed by atoms with van der Waals surface area (Å²) in [6, 6.07) is 5.58. The van der Waals surface area contributed by atoms with Gasteiger partial charge in [-0.2, -0.15) is 0 Å².